The van der Waals surface area contributed by atoms with Gasteiger partial charge in [0.15, 0.2) is 5.82 Å². The molecule has 2 aromatic heterocycles. The van der Waals surface area contributed by atoms with E-state index in [4.69, 9.17) is 12.2 Å². The molecule has 0 fully saturated rings. The number of aryl methyl sites for hydroxylation is 1. The summed E-state index contributed by atoms with van der Waals surface area (Å²) in [4.78, 5) is 4.97. The van der Waals surface area contributed by atoms with E-state index in [1.54, 1.807) is 0 Å². The third kappa shape index (κ3) is 1.16. The van der Waals surface area contributed by atoms with Gasteiger partial charge in [-0.1, -0.05) is 4.49 Å². The second-order valence-corrected chi connectivity index (χ2v) is 3.34. The van der Waals surface area contributed by atoms with Gasteiger partial charge in [0.1, 0.15) is 4.88 Å². The van der Waals surface area contributed by atoms with Gasteiger partial charge in [-0.25, -0.2) is 0 Å². The van der Waals surface area contributed by atoms with E-state index < -0.39 is 0 Å². The molecule has 0 atom stereocenters. The van der Waals surface area contributed by atoms with E-state index in [1.165, 1.54) is 11.5 Å². The maximum absolute atomic E-state index is 4.82. The van der Waals surface area contributed by atoms with Crippen LogP contribution in [-0.2, 0) is 0 Å². The number of hydrogen-bond donors (Lipinski definition) is 2. The minimum Gasteiger partial charge on any atom is -0.281 e. The molecule has 0 aromatic carbocycles. The first-order chi connectivity index (χ1) is 5.77. The average molecular weight is 199 g/mol. The molecule has 62 valence electrons. The van der Waals surface area contributed by atoms with Crippen molar-refractivity contribution in [2.75, 3.05) is 0 Å². The third-order valence-corrected chi connectivity index (χ3v) is 2.40. The minimum atomic E-state index is 0.442. The Bertz CT molecular complexity index is 438. The van der Waals surface area contributed by atoms with E-state index >= 15 is 0 Å². The Morgan fingerprint density at radius 2 is 2.25 bits per heavy atom. The second kappa shape index (κ2) is 2.76. The average Bonchev–Trinajstić information content (AvgIpc) is 2.58. The van der Waals surface area contributed by atoms with Crippen molar-refractivity contribution in [2.24, 2.45) is 0 Å². The van der Waals surface area contributed by atoms with Gasteiger partial charge in [-0.3, -0.25) is 10.2 Å². The fourth-order valence-corrected chi connectivity index (χ4v) is 1.57. The zero-order valence-corrected chi connectivity index (χ0v) is 7.79. The first-order valence-corrected chi connectivity index (χ1v) is 4.39. The molecule has 0 amide bonds. The summed E-state index contributed by atoms with van der Waals surface area (Å²) in [6.07, 6.45) is 0. The van der Waals surface area contributed by atoms with E-state index in [0.29, 0.717) is 10.6 Å². The van der Waals surface area contributed by atoms with Crippen molar-refractivity contribution in [3.63, 3.8) is 0 Å². The summed E-state index contributed by atoms with van der Waals surface area (Å²) in [5.74, 6) is 0.701. The summed E-state index contributed by atoms with van der Waals surface area (Å²) in [7, 11) is 0. The predicted molar refractivity (Wildman–Crippen MR) is 47.4 cm³/mol. The normalized spacial score (nSPS) is 10.4. The van der Waals surface area contributed by atoms with Crippen LogP contribution in [0.2, 0.25) is 0 Å². The maximum Gasteiger partial charge on any atom is 0.213 e. The molecule has 2 aromatic rings. The molecule has 0 aliphatic carbocycles. The first-order valence-electron chi connectivity index (χ1n) is 3.21. The van der Waals surface area contributed by atoms with Crippen LogP contribution in [0.3, 0.4) is 0 Å². The largest absolute Gasteiger partial charge is 0.281 e. The summed E-state index contributed by atoms with van der Waals surface area (Å²) in [5.41, 5.74) is 0.859. The Balaban J connectivity index is 2.57. The Morgan fingerprint density at radius 3 is 2.75 bits per heavy atom. The molecule has 0 bridgehead atoms. The van der Waals surface area contributed by atoms with Gasteiger partial charge in [-0.15, -0.1) is 5.10 Å². The standard InChI is InChI=1S/C5H5N5S2/c1-2-3(12-10-7-2)4-6-5(11)9-8-4/h1H3,(H2,6,8,9,11). The van der Waals surface area contributed by atoms with Gasteiger partial charge in [-0.2, -0.15) is 4.98 Å². The molecule has 2 heterocycles. The fraction of sp³-hybridized carbons (Fsp3) is 0.200. The molecule has 12 heavy (non-hydrogen) atoms. The van der Waals surface area contributed by atoms with Crippen molar-refractivity contribution >= 4 is 23.8 Å². The van der Waals surface area contributed by atoms with Gasteiger partial charge in [0.25, 0.3) is 0 Å². The number of nitrogens with one attached hydrogen (secondary N) is 2. The van der Waals surface area contributed by atoms with Gasteiger partial charge in [0.05, 0.1) is 5.69 Å². The van der Waals surface area contributed by atoms with Gasteiger partial charge in [-0.05, 0) is 30.7 Å². The Morgan fingerprint density at radius 1 is 1.42 bits per heavy atom. The second-order valence-electron chi connectivity index (χ2n) is 2.20. The zero-order chi connectivity index (χ0) is 8.55. The Kier molecular flexibility index (Phi) is 1.74. The topological polar surface area (TPSA) is 70.2 Å². The number of aromatic amines is 2. The van der Waals surface area contributed by atoms with Crippen LogP contribution in [0.4, 0.5) is 0 Å². The van der Waals surface area contributed by atoms with Crippen molar-refractivity contribution < 1.29 is 0 Å². The number of hydrogen-bond acceptors (Lipinski definition) is 5. The zero-order valence-electron chi connectivity index (χ0n) is 6.16. The smallest absolute Gasteiger partial charge is 0.213 e. The molecular formula is C5H5N5S2. The maximum atomic E-state index is 4.82. The molecule has 0 aliphatic heterocycles. The SMILES string of the molecule is Cc1nnsc1-c1nc(=S)[nH][nH]1. The molecule has 0 radical (unpaired) electrons. The van der Waals surface area contributed by atoms with E-state index in [9.17, 15) is 0 Å². The molecule has 5 nitrogen and oxygen atoms in total. The van der Waals surface area contributed by atoms with Gasteiger partial charge in [0, 0.05) is 0 Å². The quantitative estimate of drug-likeness (QED) is 0.679. The summed E-state index contributed by atoms with van der Waals surface area (Å²) >= 11 is 6.11. The summed E-state index contributed by atoms with van der Waals surface area (Å²) in [6.45, 7) is 1.88. The monoisotopic (exact) mass is 199 g/mol. The number of aromatic nitrogens is 5. The van der Waals surface area contributed by atoms with Crippen molar-refractivity contribution in [3.05, 3.63) is 10.5 Å². The molecule has 0 spiro atoms. The van der Waals surface area contributed by atoms with Crippen LogP contribution >= 0.6 is 23.8 Å². The van der Waals surface area contributed by atoms with Crippen LogP contribution in [0.15, 0.2) is 0 Å². The van der Waals surface area contributed by atoms with Crippen molar-refractivity contribution in [1.29, 1.82) is 0 Å². The van der Waals surface area contributed by atoms with Gasteiger partial charge in [0.2, 0.25) is 4.77 Å². The van der Waals surface area contributed by atoms with E-state index in [2.05, 4.69) is 24.8 Å². The molecule has 2 rings (SSSR count). The highest BCUT2D eigenvalue weighted by atomic mass is 32.1. The first kappa shape index (κ1) is 7.56. The molecule has 7 heteroatoms. The lowest BCUT2D eigenvalue weighted by Gasteiger charge is -1.86. The Labute approximate surface area is 77.0 Å². The van der Waals surface area contributed by atoms with Crippen LogP contribution < -0.4 is 0 Å². The lowest BCUT2D eigenvalue weighted by molar-refractivity contribution is 1.07. The minimum absolute atomic E-state index is 0.442. The van der Waals surface area contributed by atoms with Crippen molar-refractivity contribution in [3.8, 4) is 10.7 Å². The van der Waals surface area contributed by atoms with E-state index in [1.807, 2.05) is 6.92 Å². The predicted octanol–water partition coefficient (Wildman–Crippen LogP) is 1.29. The molecule has 2 N–H and O–H groups in total. The van der Waals surface area contributed by atoms with E-state index in [0.717, 1.165) is 10.6 Å². The highest BCUT2D eigenvalue weighted by Gasteiger charge is 2.08. The molecule has 0 saturated carbocycles. The molecule has 0 aliphatic rings. The molecule has 0 saturated heterocycles. The van der Waals surface area contributed by atoms with E-state index in [-0.39, 0.29) is 0 Å². The summed E-state index contributed by atoms with van der Waals surface area (Å²) in [5, 5.41) is 9.42. The fourth-order valence-electron chi connectivity index (χ4n) is 0.826. The van der Waals surface area contributed by atoms with Crippen molar-refractivity contribution in [1.82, 2.24) is 24.8 Å². The summed E-state index contributed by atoms with van der Waals surface area (Å²) in [6, 6.07) is 0. The number of rotatable bonds is 1. The highest BCUT2D eigenvalue weighted by molar-refractivity contribution is 7.71. The number of H-pyrrole nitrogens is 2. The third-order valence-electron chi connectivity index (χ3n) is 1.37. The summed E-state index contributed by atoms with van der Waals surface area (Å²) < 4.78 is 4.23. The van der Waals surface area contributed by atoms with Crippen LogP contribution in [0.1, 0.15) is 5.69 Å². The highest BCUT2D eigenvalue weighted by Crippen LogP contribution is 2.20. The molecule has 0 unspecified atom stereocenters. The van der Waals surface area contributed by atoms with Gasteiger partial charge < -0.3 is 0 Å². The number of nitrogens with zero attached hydrogens (tertiary/aromatic N) is 3. The Hall–Kier alpha value is -1.08. The van der Waals surface area contributed by atoms with Crippen molar-refractivity contribution in [2.45, 2.75) is 6.92 Å². The molecular weight excluding hydrogens is 194 g/mol. The lowest BCUT2D eigenvalue weighted by atomic mass is 10.4. The van der Waals surface area contributed by atoms with Gasteiger partial charge >= 0.3 is 0 Å². The van der Waals surface area contributed by atoms with Crippen LogP contribution in [0, 0.1) is 11.7 Å². The lowest BCUT2D eigenvalue weighted by Crippen LogP contribution is -1.79. The van der Waals surface area contributed by atoms with Crippen LogP contribution in [0.25, 0.3) is 10.7 Å². The van der Waals surface area contributed by atoms with Crippen LogP contribution in [0.5, 0.6) is 0 Å². The van der Waals surface area contributed by atoms with Crippen LogP contribution in [-0.4, -0.2) is 24.8 Å².